The average molecular weight is 281 g/mol. The van der Waals surface area contributed by atoms with Crippen molar-refractivity contribution in [2.75, 3.05) is 5.43 Å². The molecule has 4 N–H and O–H groups in total. The lowest BCUT2D eigenvalue weighted by atomic mass is 10.1. The number of carbonyl (C=O) groups excluding carboxylic acids is 1. The van der Waals surface area contributed by atoms with Gasteiger partial charge in [0.25, 0.3) is 5.91 Å². The van der Waals surface area contributed by atoms with Crippen molar-refractivity contribution in [2.24, 2.45) is 12.9 Å². The lowest BCUT2D eigenvalue weighted by Gasteiger charge is -2.08. The van der Waals surface area contributed by atoms with E-state index in [9.17, 15) is 13.6 Å². The molecule has 0 aliphatic heterocycles. The molecule has 0 saturated heterocycles. The molecule has 1 aromatic carbocycles. The van der Waals surface area contributed by atoms with E-state index in [1.807, 2.05) is 5.43 Å². The summed E-state index contributed by atoms with van der Waals surface area (Å²) in [6.45, 7) is 0.204. The fourth-order valence-corrected chi connectivity index (χ4v) is 1.69. The van der Waals surface area contributed by atoms with Gasteiger partial charge in [-0.3, -0.25) is 15.3 Å². The predicted molar refractivity (Wildman–Crippen MR) is 68.5 cm³/mol. The lowest BCUT2D eigenvalue weighted by molar-refractivity contribution is 0.0949. The number of aromatic nitrogens is 2. The fraction of sp³-hybridized carbons (Fsp3) is 0.167. The highest BCUT2D eigenvalue weighted by Gasteiger charge is 2.14. The first-order valence-electron chi connectivity index (χ1n) is 5.73. The first-order chi connectivity index (χ1) is 9.52. The van der Waals surface area contributed by atoms with Crippen molar-refractivity contribution in [2.45, 2.75) is 6.54 Å². The maximum absolute atomic E-state index is 13.5. The number of hydrogen-bond acceptors (Lipinski definition) is 4. The SMILES string of the molecule is Cn1nccc1CNC(=O)c1cc(F)c(NN)c(F)c1. The van der Waals surface area contributed by atoms with Crippen LogP contribution in [0.15, 0.2) is 24.4 Å². The van der Waals surface area contributed by atoms with E-state index in [4.69, 9.17) is 5.84 Å². The van der Waals surface area contributed by atoms with E-state index < -0.39 is 23.2 Å². The van der Waals surface area contributed by atoms with Crippen molar-refractivity contribution in [1.29, 1.82) is 0 Å². The third-order valence-corrected chi connectivity index (χ3v) is 2.80. The number of halogens is 2. The first kappa shape index (κ1) is 13.9. The van der Waals surface area contributed by atoms with E-state index >= 15 is 0 Å². The Labute approximate surface area is 113 Å². The minimum Gasteiger partial charge on any atom is -0.346 e. The topological polar surface area (TPSA) is 85.0 Å². The van der Waals surface area contributed by atoms with Crippen LogP contribution >= 0.6 is 0 Å². The van der Waals surface area contributed by atoms with Gasteiger partial charge in [0.15, 0.2) is 11.6 Å². The standard InChI is InChI=1S/C12H13F2N5O/c1-19-8(2-3-17-19)6-16-12(20)7-4-9(13)11(18-15)10(14)5-7/h2-5,18H,6,15H2,1H3,(H,16,20). The van der Waals surface area contributed by atoms with Crippen molar-refractivity contribution < 1.29 is 13.6 Å². The van der Waals surface area contributed by atoms with Crippen molar-refractivity contribution in [3.8, 4) is 0 Å². The first-order valence-corrected chi connectivity index (χ1v) is 5.73. The highest BCUT2D eigenvalue weighted by Crippen LogP contribution is 2.19. The number of hydrogen-bond donors (Lipinski definition) is 3. The molecular weight excluding hydrogens is 268 g/mol. The second-order valence-electron chi connectivity index (χ2n) is 4.09. The van der Waals surface area contributed by atoms with Crippen molar-refractivity contribution in [1.82, 2.24) is 15.1 Å². The molecule has 20 heavy (non-hydrogen) atoms. The summed E-state index contributed by atoms with van der Waals surface area (Å²) in [7, 11) is 1.72. The van der Waals surface area contributed by atoms with Crippen LogP contribution in [0, 0.1) is 11.6 Å². The van der Waals surface area contributed by atoms with E-state index in [0.717, 1.165) is 17.8 Å². The molecule has 106 valence electrons. The van der Waals surface area contributed by atoms with E-state index in [1.165, 1.54) is 0 Å². The van der Waals surface area contributed by atoms with E-state index in [2.05, 4.69) is 10.4 Å². The number of amides is 1. The van der Waals surface area contributed by atoms with Gasteiger partial charge in [0, 0.05) is 18.8 Å². The van der Waals surface area contributed by atoms with E-state index in [0.29, 0.717) is 0 Å². The molecule has 1 aromatic heterocycles. The summed E-state index contributed by atoms with van der Waals surface area (Å²) >= 11 is 0. The Morgan fingerprint density at radius 2 is 2.05 bits per heavy atom. The smallest absolute Gasteiger partial charge is 0.251 e. The average Bonchev–Trinajstić information content (AvgIpc) is 2.81. The molecule has 0 radical (unpaired) electrons. The summed E-state index contributed by atoms with van der Waals surface area (Å²) in [6, 6.07) is 3.55. The quantitative estimate of drug-likeness (QED) is 0.574. The highest BCUT2D eigenvalue weighted by atomic mass is 19.1. The van der Waals surface area contributed by atoms with Gasteiger partial charge in [-0.2, -0.15) is 5.10 Å². The van der Waals surface area contributed by atoms with Crippen molar-refractivity contribution in [3.05, 3.63) is 47.3 Å². The molecule has 0 atom stereocenters. The number of nitrogen functional groups attached to an aromatic ring is 1. The largest absolute Gasteiger partial charge is 0.346 e. The van der Waals surface area contributed by atoms with Gasteiger partial charge in [0.1, 0.15) is 5.69 Å². The molecule has 2 aromatic rings. The van der Waals surface area contributed by atoms with Gasteiger partial charge < -0.3 is 10.7 Å². The zero-order valence-corrected chi connectivity index (χ0v) is 10.7. The van der Waals surface area contributed by atoms with Crippen LogP contribution < -0.4 is 16.6 Å². The summed E-state index contributed by atoms with van der Waals surface area (Å²) in [6.07, 6.45) is 1.59. The van der Waals surface area contributed by atoms with Gasteiger partial charge in [-0.05, 0) is 18.2 Å². The highest BCUT2D eigenvalue weighted by molar-refractivity contribution is 5.94. The van der Waals surface area contributed by atoms with E-state index in [-0.39, 0.29) is 12.1 Å². The summed E-state index contributed by atoms with van der Waals surface area (Å²) < 4.78 is 28.5. The summed E-state index contributed by atoms with van der Waals surface area (Å²) in [5.74, 6) is 2.52. The third kappa shape index (κ3) is 2.75. The minimum atomic E-state index is -0.932. The molecule has 8 heteroatoms. The fourth-order valence-electron chi connectivity index (χ4n) is 1.69. The molecule has 6 nitrogen and oxygen atoms in total. The van der Waals surface area contributed by atoms with Gasteiger partial charge in [0.2, 0.25) is 0 Å². The van der Waals surface area contributed by atoms with Crippen LogP contribution in [-0.2, 0) is 13.6 Å². The molecule has 1 amide bonds. The number of nitrogens with zero attached hydrogens (tertiary/aromatic N) is 2. The van der Waals surface area contributed by atoms with E-state index in [1.54, 1.807) is 24.0 Å². The second-order valence-corrected chi connectivity index (χ2v) is 4.09. The van der Waals surface area contributed by atoms with Gasteiger partial charge in [-0.25, -0.2) is 8.78 Å². The van der Waals surface area contributed by atoms with Crippen LogP contribution in [0.2, 0.25) is 0 Å². The third-order valence-electron chi connectivity index (χ3n) is 2.80. The zero-order chi connectivity index (χ0) is 14.7. The number of benzene rings is 1. The molecule has 0 spiro atoms. The Kier molecular flexibility index (Phi) is 3.94. The van der Waals surface area contributed by atoms with Crippen molar-refractivity contribution >= 4 is 11.6 Å². The predicted octanol–water partition coefficient (Wildman–Crippen LogP) is 0.914. The molecule has 0 aliphatic rings. The summed E-state index contributed by atoms with van der Waals surface area (Å²) in [4.78, 5) is 11.8. The van der Waals surface area contributed by atoms with Crippen LogP contribution in [0.3, 0.4) is 0 Å². The summed E-state index contributed by atoms with van der Waals surface area (Å²) in [5.41, 5.74) is 2.06. The summed E-state index contributed by atoms with van der Waals surface area (Å²) in [5, 5.41) is 6.49. The van der Waals surface area contributed by atoms with Crippen LogP contribution in [0.25, 0.3) is 0 Å². The molecule has 0 bridgehead atoms. The Bertz CT molecular complexity index is 618. The number of nitrogens with one attached hydrogen (secondary N) is 2. The molecule has 0 unspecified atom stereocenters. The molecule has 2 rings (SSSR count). The van der Waals surface area contributed by atoms with Gasteiger partial charge in [0.05, 0.1) is 12.2 Å². The Hall–Kier alpha value is -2.48. The molecular formula is C12H13F2N5O. The normalized spacial score (nSPS) is 10.4. The van der Waals surface area contributed by atoms with Gasteiger partial charge >= 0.3 is 0 Å². The number of aryl methyl sites for hydroxylation is 1. The van der Waals surface area contributed by atoms with Gasteiger partial charge in [-0.1, -0.05) is 0 Å². The monoisotopic (exact) mass is 281 g/mol. The second kappa shape index (κ2) is 5.66. The Morgan fingerprint density at radius 1 is 1.40 bits per heavy atom. The van der Waals surface area contributed by atoms with Crippen molar-refractivity contribution in [3.63, 3.8) is 0 Å². The minimum absolute atomic E-state index is 0.124. The van der Waals surface area contributed by atoms with Gasteiger partial charge in [-0.15, -0.1) is 0 Å². The lowest BCUT2D eigenvalue weighted by Crippen LogP contribution is -2.24. The Morgan fingerprint density at radius 3 is 2.55 bits per heavy atom. The molecule has 0 aliphatic carbocycles. The Balaban J connectivity index is 2.12. The zero-order valence-electron chi connectivity index (χ0n) is 10.7. The molecule has 0 saturated carbocycles. The number of nitrogens with two attached hydrogens (primary N) is 1. The van der Waals surface area contributed by atoms with Crippen LogP contribution in [0.4, 0.5) is 14.5 Å². The number of carbonyl (C=O) groups is 1. The number of anilines is 1. The number of rotatable bonds is 4. The molecule has 1 heterocycles. The van der Waals surface area contributed by atoms with Crippen LogP contribution in [0.1, 0.15) is 16.1 Å². The maximum Gasteiger partial charge on any atom is 0.251 e. The van der Waals surface area contributed by atoms with Crippen LogP contribution in [0.5, 0.6) is 0 Å². The molecule has 0 fully saturated rings. The van der Waals surface area contributed by atoms with Crippen LogP contribution in [-0.4, -0.2) is 15.7 Å². The maximum atomic E-state index is 13.5. The number of hydrazine groups is 1.